The molecule has 2 saturated heterocycles. The zero-order valence-corrected chi connectivity index (χ0v) is 23.0. The summed E-state index contributed by atoms with van der Waals surface area (Å²) in [5, 5.41) is 1.04. The SMILES string of the molecule is Cc1nc(N2CCN(c3ccccn3)CC2)c2c(C)c(C(=O)N3CCC(Cc4ccccc4)CC3)sc2n1. The molecule has 6 rings (SSSR count). The van der Waals surface area contributed by atoms with E-state index >= 15 is 0 Å². The summed E-state index contributed by atoms with van der Waals surface area (Å²) in [5.41, 5.74) is 2.41. The Bertz CT molecular complexity index is 1410. The highest BCUT2D eigenvalue weighted by molar-refractivity contribution is 7.20. The van der Waals surface area contributed by atoms with Crippen LogP contribution in [-0.4, -0.2) is 65.0 Å². The van der Waals surface area contributed by atoms with E-state index in [9.17, 15) is 4.79 Å². The summed E-state index contributed by atoms with van der Waals surface area (Å²) >= 11 is 1.53. The third-order valence-corrected chi connectivity index (χ3v) is 9.07. The summed E-state index contributed by atoms with van der Waals surface area (Å²) in [6.07, 6.45) is 5.04. The quantitative estimate of drug-likeness (QED) is 0.360. The molecule has 0 N–H and O–H groups in total. The zero-order valence-electron chi connectivity index (χ0n) is 22.1. The first-order chi connectivity index (χ1) is 18.6. The highest BCUT2D eigenvalue weighted by atomic mass is 32.1. The number of likely N-dealkylation sites (tertiary alicyclic amines) is 1. The standard InChI is InChI=1S/C30H34N6OS/c1-21-26-28(35-18-16-34(17-19-35)25-10-6-7-13-31-25)32-22(2)33-29(26)38-27(21)30(37)36-14-11-24(12-15-36)20-23-8-4-3-5-9-23/h3-10,13,24H,11-12,14-20H2,1-2H3. The number of piperazine rings is 1. The van der Waals surface area contributed by atoms with Crippen LogP contribution in [0.25, 0.3) is 10.2 Å². The Morgan fingerprint density at radius 1 is 0.895 bits per heavy atom. The van der Waals surface area contributed by atoms with Gasteiger partial charge in [0.15, 0.2) is 0 Å². The van der Waals surface area contributed by atoms with Crippen molar-refractivity contribution in [3.63, 3.8) is 0 Å². The van der Waals surface area contributed by atoms with E-state index in [4.69, 9.17) is 9.97 Å². The summed E-state index contributed by atoms with van der Waals surface area (Å²) < 4.78 is 0. The number of carbonyl (C=O) groups is 1. The van der Waals surface area contributed by atoms with Crippen molar-refractivity contribution >= 4 is 39.1 Å². The molecule has 0 radical (unpaired) electrons. The minimum Gasteiger partial charge on any atom is -0.353 e. The monoisotopic (exact) mass is 526 g/mol. The fourth-order valence-electron chi connectivity index (χ4n) is 5.77. The maximum Gasteiger partial charge on any atom is 0.264 e. The number of pyridine rings is 1. The number of hydrogen-bond acceptors (Lipinski definition) is 7. The highest BCUT2D eigenvalue weighted by Gasteiger charge is 2.29. The summed E-state index contributed by atoms with van der Waals surface area (Å²) in [7, 11) is 0. The van der Waals surface area contributed by atoms with Crippen LogP contribution in [0.3, 0.4) is 0 Å². The molecule has 1 amide bonds. The van der Waals surface area contributed by atoms with Gasteiger partial charge in [-0.25, -0.2) is 15.0 Å². The molecule has 38 heavy (non-hydrogen) atoms. The van der Waals surface area contributed by atoms with Crippen molar-refractivity contribution in [2.75, 3.05) is 49.1 Å². The number of fused-ring (bicyclic) bond motifs is 1. The van der Waals surface area contributed by atoms with Crippen molar-refractivity contribution < 1.29 is 4.79 Å². The third-order valence-electron chi connectivity index (χ3n) is 7.90. The number of carbonyl (C=O) groups excluding carboxylic acids is 1. The number of rotatable bonds is 5. The lowest BCUT2D eigenvalue weighted by atomic mass is 9.90. The van der Waals surface area contributed by atoms with Gasteiger partial charge in [-0.05, 0) is 62.3 Å². The van der Waals surface area contributed by atoms with Crippen LogP contribution in [0.4, 0.5) is 11.6 Å². The van der Waals surface area contributed by atoms with E-state index in [2.05, 4.69) is 58.1 Å². The van der Waals surface area contributed by atoms with Gasteiger partial charge in [-0.2, -0.15) is 0 Å². The summed E-state index contributed by atoms with van der Waals surface area (Å²) in [6.45, 7) is 9.13. The van der Waals surface area contributed by atoms with Crippen LogP contribution in [0, 0.1) is 19.8 Å². The molecule has 2 aliphatic heterocycles. The van der Waals surface area contributed by atoms with Gasteiger partial charge >= 0.3 is 0 Å². The van der Waals surface area contributed by atoms with E-state index in [0.717, 1.165) is 96.6 Å². The lowest BCUT2D eigenvalue weighted by Crippen LogP contribution is -2.47. The van der Waals surface area contributed by atoms with Crippen molar-refractivity contribution in [1.29, 1.82) is 0 Å². The van der Waals surface area contributed by atoms with Gasteiger partial charge in [0.1, 0.15) is 22.3 Å². The van der Waals surface area contributed by atoms with E-state index in [1.807, 2.05) is 30.2 Å². The van der Waals surface area contributed by atoms with Crippen molar-refractivity contribution in [1.82, 2.24) is 19.9 Å². The number of anilines is 2. The van der Waals surface area contributed by atoms with Gasteiger partial charge in [0, 0.05) is 45.5 Å². The Labute approximate surface area is 228 Å². The van der Waals surface area contributed by atoms with E-state index in [1.54, 1.807) is 0 Å². The largest absolute Gasteiger partial charge is 0.353 e. The van der Waals surface area contributed by atoms with E-state index < -0.39 is 0 Å². The minimum atomic E-state index is 0.146. The number of benzene rings is 1. The highest BCUT2D eigenvalue weighted by Crippen LogP contribution is 2.37. The Morgan fingerprint density at radius 2 is 1.61 bits per heavy atom. The maximum absolute atomic E-state index is 13.7. The zero-order chi connectivity index (χ0) is 26.1. The van der Waals surface area contributed by atoms with Gasteiger partial charge in [-0.3, -0.25) is 4.79 Å². The van der Waals surface area contributed by atoms with Crippen LogP contribution >= 0.6 is 11.3 Å². The molecule has 8 heteroatoms. The predicted molar refractivity (Wildman–Crippen MR) is 154 cm³/mol. The molecule has 5 heterocycles. The lowest BCUT2D eigenvalue weighted by molar-refractivity contribution is 0.0695. The average molecular weight is 527 g/mol. The molecule has 0 spiro atoms. The summed E-state index contributed by atoms with van der Waals surface area (Å²) in [4.78, 5) is 36.3. The molecular formula is C30H34N6OS. The van der Waals surface area contributed by atoms with Crippen molar-refractivity contribution in [2.45, 2.75) is 33.1 Å². The summed E-state index contributed by atoms with van der Waals surface area (Å²) in [6, 6.07) is 16.7. The van der Waals surface area contributed by atoms with E-state index in [1.165, 1.54) is 16.9 Å². The van der Waals surface area contributed by atoms with Crippen LogP contribution in [0.2, 0.25) is 0 Å². The summed E-state index contributed by atoms with van der Waals surface area (Å²) in [5.74, 6) is 3.51. The number of amides is 1. The minimum absolute atomic E-state index is 0.146. The number of aromatic nitrogens is 3. The molecule has 3 aromatic heterocycles. The van der Waals surface area contributed by atoms with Crippen LogP contribution in [0.5, 0.6) is 0 Å². The molecule has 2 fully saturated rings. The third kappa shape index (κ3) is 4.97. The molecule has 1 aromatic carbocycles. The van der Waals surface area contributed by atoms with Crippen LogP contribution in [0.1, 0.15) is 39.5 Å². The molecule has 4 aromatic rings. The van der Waals surface area contributed by atoms with Gasteiger partial charge in [-0.1, -0.05) is 36.4 Å². The molecule has 0 bridgehead atoms. The van der Waals surface area contributed by atoms with Crippen LogP contribution in [0.15, 0.2) is 54.7 Å². The van der Waals surface area contributed by atoms with E-state index in [-0.39, 0.29) is 5.91 Å². The molecule has 0 atom stereocenters. The second-order valence-electron chi connectivity index (χ2n) is 10.4. The van der Waals surface area contributed by atoms with Gasteiger partial charge in [0.05, 0.1) is 10.3 Å². The van der Waals surface area contributed by atoms with Gasteiger partial charge < -0.3 is 14.7 Å². The smallest absolute Gasteiger partial charge is 0.264 e. The predicted octanol–water partition coefficient (Wildman–Crippen LogP) is 5.12. The van der Waals surface area contributed by atoms with Crippen molar-refractivity contribution in [3.05, 3.63) is 76.6 Å². The average Bonchev–Trinajstić information content (AvgIpc) is 3.29. The Kier molecular flexibility index (Phi) is 6.98. The van der Waals surface area contributed by atoms with Crippen LogP contribution < -0.4 is 9.80 Å². The van der Waals surface area contributed by atoms with Gasteiger partial charge in [0.25, 0.3) is 5.91 Å². The maximum atomic E-state index is 13.7. The molecular weight excluding hydrogens is 492 g/mol. The molecule has 0 aliphatic carbocycles. The second kappa shape index (κ2) is 10.7. The molecule has 2 aliphatic rings. The van der Waals surface area contributed by atoms with Crippen LogP contribution in [-0.2, 0) is 6.42 Å². The molecule has 0 unspecified atom stereocenters. The van der Waals surface area contributed by atoms with E-state index in [0.29, 0.717) is 5.92 Å². The molecule has 7 nitrogen and oxygen atoms in total. The Hall–Kier alpha value is -3.52. The number of thiophene rings is 1. The second-order valence-corrected chi connectivity index (χ2v) is 11.4. The van der Waals surface area contributed by atoms with Crippen molar-refractivity contribution in [3.8, 4) is 0 Å². The number of nitrogens with zero attached hydrogens (tertiary/aromatic N) is 6. The van der Waals surface area contributed by atoms with Gasteiger partial charge in [-0.15, -0.1) is 11.3 Å². The Balaban J connectivity index is 1.18. The van der Waals surface area contributed by atoms with Gasteiger partial charge in [0.2, 0.25) is 0 Å². The first-order valence-corrected chi connectivity index (χ1v) is 14.4. The number of aryl methyl sites for hydroxylation is 2. The normalized spacial score (nSPS) is 16.8. The fraction of sp³-hybridized carbons (Fsp3) is 0.400. The first-order valence-electron chi connectivity index (χ1n) is 13.6. The topological polar surface area (TPSA) is 65.5 Å². The van der Waals surface area contributed by atoms with Crippen molar-refractivity contribution in [2.24, 2.45) is 5.92 Å². The molecule has 0 saturated carbocycles. The first kappa shape index (κ1) is 24.8. The number of hydrogen-bond donors (Lipinski definition) is 0. The molecule has 196 valence electrons. The Morgan fingerprint density at radius 3 is 2.32 bits per heavy atom. The number of piperidine rings is 1. The fourth-order valence-corrected chi connectivity index (χ4v) is 6.96. The lowest BCUT2D eigenvalue weighted by Gasteiger charge is -2.36.